The van der Waals surface area contributed by atoms with Crippen molar-refractivity contribution in [3.05, 3.63) is 53.4 Å². The summed E-state index contributed by atoms with van der Waals surface area (Å²) >= 11 is 1.29. The number of likely N-dealkylation sites (tertiary alicyclic amines) is 1. The van der Waals surface area contributed by atoms with Crippen LogP contribution in [0.25, 0.3) is 10.4 Å². The lowest BCUT2D eigenvalue weighted by Crippen LogP contribution is -2.55. The molecule has 38 heavy (non-hydrogen) atoms. The molecule has 1 fully saturated rings. The Bertz CT molecular complexity index is 1290. The Morgan fingerprint density at radius 3 is 2.63 bits per heavy atom. The van der Waals surface area contributed by atoms with Crippen LogP contribution in [0.1, 0.15) is 57.7 Å². The first-order chi connectivity index (χ1) is 17.7. The normalized spacial score (nSPS) is 18.1. The predicted octanol–water partition coefficient (Wildman–Crippen LogP) is 6.36. The molecule has 0 aliphatic carbocycles. The van der Waals surface area contributed by atoms with Crippen LogP contribution in [0.4, 0.5) is 29.6 Å². The number of piperidine rings is 1. The molecule has 0 radical (unpaired) electrons. The van der Waals surface area contributed by atoms with Gasteiger partial charge in [0.25, 0.3) is 0 Å². The van der Waals surface area contributed by atoms with Crippen molar-refractivity contribution in [2.75, 3.05) is 11.9 Å². The third kappa shape index (κ3) is 6.41. The molecule has 1 saturated heterocycles. The van der Waals surface area contributed by atoms with Gasteiger partial charge in [-0.15, -0.1) is 11.3 Å². The van der Waals surface area contributed by atoms with Crippen molar-refractivity contribution >= 4 is 29.1 Å². The Morgan fingerprint density at radius 2 is 1.92 bits per heavy atom. The number of amides is 1. The van der Waals surface area contributed by atoms with Gasteiger partial charge in [-0.25, -0.2) is 19.7 Å². The molecule has 1 aliphatic heterocycles. The fourth-order valence-electron chi connectivity index (χ4n) is 4.30. The lowest BCUT2D eigenvalue weighted by atomic mass is 9.88. The van der Waals surface area contributed by atoms with Crippen LogP contribution in [-0.4, -0.2) is 49.2 Å². The number of rotatable bonds is 5. The van der Waals surface area contributed by atoms with Crippen LogP contribution in [0.15, 0.2) is 42.7 Å². The Hall–Kier alpha value is -3.25. The van der Waals surface area contributed by atoms with E-state index in [2.05, 4.69) is 20.3 Å². The highest BCUT2D eigenvalue weighted by atomic mass is 32.1. The van der Waals surface area contributed by atoms with Gasteiger partial charge in [-0.3, -0.25) is 0 Å². The van der Waals surface area contributed by atoms with Gasteiger partial charge >= 0.3 is 12.3 Å². The minimum Gasteiger partial charge on any atom is -0.444 e. The summed E-state index contributed by atoms with van der Waals surface area (Å²) in [6.07, 6.45) is -0.0598. The van der Waals surface area contributed by atoms with E-state index in [-0.39, 0.29) is 5.95 Å². The second-order valence-electron chi connectivity index (χ2n) is 10.3. The quantitative estimate of drug-likeness (QED) is 0.382. The monoisotopic (exact) mass is 549 g/mol. The van der Waals surface area contributed by atoms with Crippen LogP contribution in [-0.2, 0) is 16.5 Å². The molecule has 1 aliphatic rings. The number of nitrogens with zero attached hydrogens (tertiary/aromatic N) is 4. The third-order valence-electron chi connectivity index (χ3n) is 6.07. The van der Waals surface area contributed by atoms with Gasteiger partial charge in [-0.2, -0.15) is 13.2 Å². The molecule has 2 N–H and O–H groups in total. The Balaban J connectivity index is 1.55. The summed E-state index contributed by atoms with van der Waals surface area (Å²) in [5, 5.41) is 14.9. The number of ether oxygens (including phenoxy) is 1. The number of carbonyl (C=O) groups excluding carboxylic acids is 1. The van der Waals surface area contributed by atoms with E-state index in [1.165, 1.54) is 11.3 Å². The number of aromatic nitrogens is 3. The summed E-state index contributed by atoms with van der Waals surface area (Å²) in [4.78, 5) is 27.1. The van der Waals surface area contributed by atoms with E-state index in [1.54, 1.807) is 57.0 Å². The number of nitrogens with one attached hydrogen (secondary N) is 1. The second-order valence-corrected chi connectivity index (χ2v) is 11.4. The molecule has 1 amide bonds. The number of halogens is 3. The molecular formula is C26H30F3N5O3S. The number of carbonyl (C=O) groups is 1. The molecule has 1 aromatic carbocycles. The fraction of sp³-hybridized carbons (Fsp3) is 0.462. The number of hydrogen-bond donors (Lipinski definition) is 2. The van der Waals surface area contributed by atoms with Crippen LogP contribution in [0.5, 0.6) is 0 Å². The van der Waals surface area contributed by atoms with Crippen LogP contribution < -0.4 is 5.32 Å². The summed E-state index contributed by atoms with van der Waals surface area (Å²) in [5.41, 5.74) is -1.87. The van der Waals surface area contributed by atoms with E-state index in [1.807, 2.05) is 6.07 Å². The average molecular weight is 550 g/mol. The molecule has 0 saturated carbocycles. The Morgan fingerprint density at radius 1 is 1.16 bits per heavy atom. The lowest BCUT2D eigenvalue weighted by Gasteiger charge is -2.43. The van der Waals surface area contributed by atoms with E-state index in [0.717, 1.165) is 35.5 Å². The maximum atomic E-state index is 13.0. The van der Waals surface area contributed by atoms with Crippen LogP contribution >= 0.6 is 11.3 Å². The van der Waals surface area contributed by atoms with Gasteiger partial charge in [-0.1, -0.05) is 12.1 Å². The van der Waals surface area contributed by atoms with Crippen molar-refractivity contribution in [1.82, 2.24) is 19.9 Å². The Labute approximate surface area is 222 Å². The highest BCUT2D eigenvalue weighted by Gasteiger charge is 2.44. The molecule has 2 atom stereocenters. The molecule has 0 bridgehead atoms. The molecule has 2 unspecified atom stereocenters. The summed E-state index contributed by atoms with van der Waals surface area (Å²) in [5.74, 6) is -0.176. The molecule has 0 spiro atoms. The van der Waals surface area contributed by atoms with Gasteiger partial charge in [0, 0.05) is 24.6 Å². The predicted molar refractivity (Wildman–Crippen MR) is 138 cm³/mol. The van der Waals surface area contributed by atoms with Gasteiger partial charge in [-0.05, 0) is 70.7 Å². The topological polar surface area (TPSA) is 100 Å². The number of benzene rings is 1. The zero-order chi connectivity index (χ0) is 27.7. The molecule has 3 aromatic rings. The summed E-state index contributed by atoms with van der Waals surface area (Å²) in [7, 11) is 0. The largest absolute Gasteiger partial charge is 0.444 e. The smallest absolute Gasteiger partial charge is 0.433 e. The molecule has 12 heteroatoms. The number of aliphatic hydroxyl groups is 1. The van der Waals surface area contributed by atoms with Gasteiger partial charge in [0.05, 0.1) is 10.9 Å². The summed E-state index contributed by atoms with van der Waals surface area (Å²) < 4.78 is 44.6. The molecule has 8 nitrogen and oxygen atoms in total. The first-order valence-electron chi connectivity index (χ1n) is 12.2. The molecule has 4 rings (SSSR count). The molecule has 2 aromatic heterocycles. The number of anilines is 2. The molecule has 3 heterocycles. The van der Waals surface area contributed by atoms with Gasteiger partial charge in [0.1, 0.15) is 21.9 Å². The summed E-state index contributed by atoms with van der Waals surface area (Å²) in [6, 6.07) is 7.31. The van der Waals surface area contributed by atoms with E-state index >= 15 is 0 Å². The minimum atomic E-state index is -4.57. The standard InChI is InChI=1S/C26H30F3N5O3S/c1-24(2,3)37-23(35)34-13-6-5-10-20(34)25(4,36)21-31-15-18(38-21)16-8-7-9-17(14-16)32-22-30-12-11-19(33-22)26(27,28)29/h7-9,11-12,14-15,20,36H,5-6,10,13H2,1-4H3,(H,30,32,33). The van der Waals surface area contributed by atoms with Crippen LogP contribution in [0.3, 0.4) is 0 Å². The van der Waals surface area contributed by atoms with Crippen molar-refractivity contribution in [2.24, 2.45) is 0 Å². The number of thiazole rings is 1. The second kappa shape index (κ2) is 10.5. The van der Waals surface area contributed by atoms with Gasteiger partial charge < -0.3 is 20.1 Å². The van der Waals surface area contributed by atoms with Crippen molar-refractivity contribution in [1.29, 1.82) is 0 Å². The van der Waals surface area contributed by atoms with Crippen LogP contribution in [0, 0.1) is 0 Å². The van der Waals surface area contributed by atoms with Crippen molar-refractivity contribution in [3.63, 3.8) is 0 Å². The Kier molecular flexibility index (Phi) is 7.67. The molecular weight excluding hydrogens is 519 g/mol. The zero-order valence-corrected chi connectivity index (χ0v) is 22.4. The van der Waals surface area contributed by atoms with Crippen molar-refractivity contribution < 1.29 is 27.8 Å². The van der Waals surface area contributed by atoms with E-state index in [0.29, 0.717) is 23.7 Å². The van der Waals surface area contributed by atoms with E-state index < -0.39 is 35.2 Å². The first kappa shape index (κ1) is 27.8. The van der Waals surface area contributed by atoms with Crippen molar-refractivity contribution in [3.8, 4) is 10.4 Å². The van der Waals surface area contributed by atoms with E-state index in [4.69, 9.17) is 4.74 Å². The number of alkyl halides is 3. The number of hydrogen-bond acceptors (Lipinski definition) is 8. The SMILES string of the molecule is CC(C)(C)OC(=O)N1CCCCC1C(C)(O)c1ncc(-c2cccc(Nc3nccc(C(F)(F)F)n3)c2)s1. The van der Waals surface area contributed by atoms with Gasteiger partial charge in [0.15, 0.2) is 0 Å². The first-order valence-corrected chi connectivity index (χ1v) is 13.0. The molecule has 204 valence electrons. The highest BCUT2D eigenvalue weighted by Crippen LogP contribution is 2.39. The van der Waals surface area contributed by atoms with Crippen molar-refractivity contribution in [2.45, 2.75) is 70.4 Å². The third-order valence-corrected chi connectivity index (χ3v) is 7.34. The van der Waals surface area contributed by atoms with Gasteiger partial charge in [0.2, 0.25) is 5.95 Å². The minimum absolute atomic E-state index is 0.176. The average Bonchev–Trinajstić information content (AvgIpc) is 3.34. The zero-order valence-electron chi connectivity index (χ0n) is 21.5. The maximum absolute atomic E-state index is 13.0. The fourth-order valence-corrected chi connectivity index (χ4v) is 5.30. The van der Waals surface area contributed by atoms with Crippen LogP contribution in [0.2, 0.25) is 0 Å². The lowest BCUT2D eigenvalue weighted by molar-refractivity contribution is -0.141. The highest BCUT2D eigenvalue weighted by molar-refractivity contribution is 7.15. The maximum Gasteiger partial charge on any atom is 0.433 e. The van der Waals surface area contributed by atoms with E-state index in [9.17, 15) is 23.1 Å². The summed E-state index contributed by atoms with van der Waals surface area (Å²) in [6.45, 7) is 7.55.